The first kappa shape index (κ1) is 19.3. The van der Waals surface area contributed by atoms with Gasteiger partial charge in [-0.1, -0.05) is 101 Å². The third kappa shape index (κ3) is 3.29. The van der Waals surface area contributed by atoms with Crippen molar-refractivity contribution in [2.24, 2.45) is 0 Å². The fraction of sp³-hybridized carbons (Fsp3) is 0.0370. The zero-order valence-corrected chi connectivity index (χ0v) is 18.5. The molecule has 5 aromatic rings. The Labute approximate surface area is 188 Å². The molecule has 1 unspecified atom stereocenters. The molecule has 0 fully saturated rings. The second-order valence-electron chi connectivity index (χ2n) is 7.28. The lowest BCUT2D eigenvalue weighted by Gasteiger charge is -2.32. The second-order valence-corrected chi connectivity index (χ2v) is 9.28. The molecule has 30 heavy (non-hydrogen) atoms. The highest BCUT2D eigenvalue weighted by molar-refractivity contribution is 9.10. The van der Waals surface area contributed by atoms with Crippen molar-refractivity contribution in [1.82, 2.24) is 0 Å². The summed E-state index contributed by atoms with van der Waals surface area (Å²) in [5, 5.41) is 13.6. The molecule has 0 saturated carbocycles. The van der Waals surface area contributed by atoms with Gasteiger partial charge in [-0.25, -0.2) is 0 Å². The molecule has 0 bridgehead atoms. The maximum atomic E-state index is 12.4. The first-order valence-electron chi connectivity index (χ1n) is 9.78. The second kappa shape index (κ2) is 7.84. The van der Waals surface area contributed by atoms with Crippen molar-refractivity contribution < 1.29 is 5.11 Å². The zero-order chi connectivity index (χ0) is 20.6. The molecule has 1 N–H and O–H groups in total. The average Bonchev–Trinajstić information content (AvgIpc) is 3.23. The third-order valence-electron chi connectivity index (χ3n) is 5.44. The van der Waals surface area contributed by atoms with Gasteiger partial charge in [0.1, 0.15) is 5.60 Å². The van der Waals surface area contributed by atoms with Gasteiger partial charge in [0.05, 0.1) is 0 Å². The number of halogens is 1. The first-order chi connectivity index (χ1) is 14.7. The molecule has 1 atom stereocenters. The summed E-state index contributed by atoms with van der Waals surface area (Å²) in [7, 11) is 0. The number of hydrogen-bond donors (Lipinski definition) is 1. The topological polar surface area (TPSA) is 20.2 Å². The van der Waals surface area contributed by atoms with Crippen LogP contribution in [0.2, 0.25) is 0 Å². The Hall–Kier alpha value is -2.72. The molecule has 1 nitrogen and oxygen atoms in total. The SMILES string of the molecule is OC(c1ccccc1)(c1cccc(Br)c1)c1ccccc1-c1cc2ccccc2s1. The summed E-state index contributed by atoms with van der Waals surface area (Å²) in [6, 6.07) is 36.6. The molecule has 1 aromatic heterocycles. The van der Waals surface area contributed by atoms with Gasteiger partial charge in [-0.15, -0.1) is 11.3 Å². The van der Waals surface area contributed by atoms with Crippen LogP contribution in [0.3, 0.4) is 0 Å². The minimum Gasteiger partial charge on any atom is -0.376 e. The van der Waals surface area contributed by atoms with Crippen LogP contribution < -0.4 is 0 Å². The van der Waals surface area contributed by atoms with Crippen LogP contribution in [0.15, 0.2) is 114 Å². The van der Waals surface area contributed by atoms with E-state index in [1.54, 1.807) is 11.3 Å². The van der Waals surface area contributed by atoms with Crippen molar-refractivity contribution in [2.45, 2.75) is 5.60 Å². The lowest BCUT2D eigenvalue weighted by Crippen LogP contribution is -2.29. The lowest BCUT2D eigenvalue weighted by molar-refractivity contribution is 0.126. The van der Waals surface area contributed by atoms with Crippen LogP contribution in [0.1, 0.15) is 16.7 Å². The summed E-state index contributed by atoms with van der Waals surface area (Å²) in [4.78, 5) is 1.15. The minimum absolute atomic E-state index is 0.830. The normalized spacial score (nSPS) is 13.3. The standard InChI is InChI=1S/C27H19BrOS/c28-22-13-8-12-21(18-22)27(29,20-10-2-1-3-11-20)24-15-6-5-14-23(24)26-17-19-9-4-7-16-25(19)30-26/h1-18,29H. The van der Waals surface area contributed by atoms with Crippen LogP contribution in [0.5, 0.6) is 0 Å². The van der Waals surface area contributed by atoms with Crippen molar-refractivity contribution in [3.05, 3.63) is 130 Å². The monoisotopic (exact) mass is 470 g/mol. The van der Waals surface area contributed by atoms with E-state index in [1.165, 1.54) is 10.1 Å². The van der Waals surface area contributed by atoms with Gasteiger partial charge in [0.2, 0.25) is 0 Å². The van der Waals surface area contributed by atoms with Crippen LogP contribution >= 0.6 is 27.3 Å². The number of fused-ring (bicyclic) bond motifs is 1. The molecule has 146 valence electrons. The highest BCUT2D eigenvalue weighted by Gasteiger charge is 2.36. The summed E-state index contributed by atoms with van der Waals surface area (Å²) in [6.07, 6.45) is 0. The molecule has 3 heteroatoms. The molecule has 0 saturated heterocycles. The summed E-state index contributed by atoms with van der Waals surface area (Å²) in [5.41, 5.74) is 2.32. The minimum atomic E-state index is -1.28. The Kier molecular flexibility index (Phi) is 5.03. The van der Waals surface area contributed by atoms with E-state index in [4.69, 9.17) is 0 Å². The van der Waals surface area contributed by atoms with E-state index in [0.717, 1.165) is 31.6 Å². The molecule has 5 rings (SSSR count). The number of aliphatic hydroxyl groups is 1. The Morgan fingerprint density at radius 3 is 2.17 bits per heavy atom. The predicted molar refractivity (Wildman–Crippen MR) is 130 cm³/mol. The van der Waals surface area contributed by atoms with E-state index < -0.39 is 5.60 Å². The highest BCUT2D eigenvalue weighted by atomic mass is 79.9. The van der Waals surface area contributed by atoms with Gasteiger partial charge in [0.25, 0.3) is 0 Å². The maximum Gasteiger partial charge on any atom is 0.141 e. The first-order valence-corrected chi connectivity index (χ1v) is 11.4. The van der Waals surface area contributed by atoms with Gasteiger partial charge in [-0.2, -0.15) is 0 Å². The Morgan fingerprint density at radius 2 is 1.37 bits per heavy atom. The van der Waals surface area contributed by atoms with Crippen molar-refractivity contribution in [3.63, 3.8) is 0 Å². The molecule has 4 aromatic carbocycles. The van der Waals surface area contributed by atoms with Crippen LogP contribution in [-0.2, 0) is 5.60 Å². The summed E-state index contributed by atoms with van der Waals surface area (Å²) in [6.45, 7) is 0. The van der Waals surface area contributed by atoms with E-state index in [1.807, 2.05) is 72.8 Å². The predicted octanol–water partition coefficient (Wildman–Crippen LogP) is 7.62. The number of rotatable bonds is 4. The maximum absolute atomic E-state index is 12.4. The fourth-order valence-corrected chi connectivity index (χ4v) is 5.50. The molecular formula is C27H19BrOS. The van der Waals surface area contributed by atoms with E-state index in [2.05, 4.69) is 52.3 Å². The van der Waals surface area contributed by atoms with E-state index in [-0.39, 0.29) is 0 Å². The van der Waals surface area contributed by atoms with Crippen LogP contribution in [0, 0.1) is 0 Å². The molecule has 0 spiro atoms. The van der Waals surface area contributed by atoms with Crippen molar-refractivity contribution in [2.75, 3.05) is 0 Å². The van der Waals surface area contributed by atoms with Crippen LogP contribution in [-0.4, -0.2) is 5.11 Å². The van der Waals surface area contributed by atoms with Crippen molar-refractivity contribution in [3.8, 4) is 10.4 Å². The highest BCUT2D eigenvalue weighted by Crippen LogP contribution is 2.44. The lowest BCUT2D eigenvalue weighted by atomic mass is 9.78. The Morgan fingerprint density at radius 1 is 0.667 bits per heavy atom. The van der Waals surface area contributed by atoms with Gasteiger partial charge in [0.15, 0.2) is 0 Å². The number of thiophene rings is 1. The van der Waals surface area contributed by atoms with Crippen LogP contribution in [0.25, 0.3) is 20.5 Å². The van der Waals surface area contributed by atoms with Crippen molar-refractivity contribution >= 4 is 37.4 Å². The van der Waals surface area contributed by atoms with Gasteiger partial charge < -0.3 is 5.11 Å². The van der Waals surface area contributed by atoms with E-state index >= 15 is 0 Å². The fourth-order valence-electron chi connectivity index (χ4n) is 4.00. The van der Waals surface area contributed by atoms with E-state index in [9.17, 15) is 5.11 Å². The molecule has 0 amide bonds. The largest absolute Gasteiger partial charge is 0.376 e. The Bertz CT molecular complexity index is 1290. The number of hydrogen-bond acceptors (Lipinski definition) is 2. The van der Waals surface area contributed by atoms with Gasteiger partial charge in [-0.3, -0.25) is 0 Å². The molecular weight excluding hydrogens is 452 g/mol. The molecule has 0 aliphatic carbocycles. The zero-order valence-electron chi connectivity index (χ0n) is 16.1. The molecule has 0 aliphatic rings. The summed E-state index contributed by atoms with van der Waals surface area (Å²) in [5.74, 6) is 0. The summed E-state index contributed by atoms with van der Waals surface area (Å²) >= 11 is 5.33. The smallest absolute Gasteiger partial charge is 0.141 e. The molecule has 0 radical (unpaired) electrons. The van der Waals surface area contributed by atoms with Gasteiger partial charge in [0, 0.05) is 19.6 Å². The van der Waals surface area contributed by atoms with Crippen molar-refractivity contribution in [1.29, 1.82) is 0 Å². The quantitative estimate of drug-likeness (QED) is 0.268. The number of benzene rings is 4. The van der Waals surface area contributed by atoms with Gasteiger partial charge >= 0.3 is 0 Å². The average molecular weight is 471 g/mol. The third-order valence-corrected chi connectivity index (χ3v) is 7.08. The molecule has 1 heterocycles. The van der Waals surface area contributed by atoms with E-state index in [0.29, 0.717) is 0 Å². The Balaban J connectivity index is 1.79. The summed E-state index contributed by atoms with van der Waals surface area (Å²) < 4.78 is 2.18. The van der Waals surface area contributed by atoms with Gasteiger partial charge in [-0.05, 0) is 46.3 Å². The molecule has 0 aliphatic heterocycles. The van der Waals surface area contributed by atoms with Crippen LogP contribution in [0.4, 0.5) is 0 Å².